The lowest BCUT2D eigenvalue weighted by molar-refractivity contribution is 0.143. The molecule has 0 aliphatic carbocycles. The molecule has 0 saturated carbocycles. The summed E-state index contributed by atoms with van der Waals surface area (Å²) in [5.41, 5.74) is 0. The summed E-state index contributed by atoms with van der Waals surface area (Å²) in [6.45, 7) is 1.05. The molecule has 0 saturated heterocycles. The highest BCUT2D eigenvalue weighted by molar-refractivity contribution is 5.19. The molecule has 4 heteroatoms. The standard InChI is InChI=1S/C9H13NO3/c1-11-6-7-13-9-5-3-4-8(10-9)12-2/h3-5H,6-7H2,1-2H3. The van der Waals surface area contributed by atoms with E-state index in [0.717, 1.165) is 0 Å². The van der Waals surface area contributed by atoms with Gasteiger partial charge in [-0.15, -0.1) is 0 Å². The predicted molar refractivity (Wildman–Crippen MR) is 48.2 cm³/mol. The maximum Gasteiger partial charge on any atom is 0.216 e. The van der Waals surface area contributed by atoms with Gasteiger partial charge in [0.05, 0.1) is 13.7 Å². The second-order valence-electron chi connectivity index (χ2n) is 2.36. The van der Waals surface area contributed by atoms with Crippen LogP contribution in [0.2, 0.25) is 0 Å². The number of rotatable bonds is 5. The first-order valence-electron chi connectivity index (χ1n) is 3.99. The van der Waals surface area contributed by atoms with E-state index in [-0.39, 0.29) is 0 Å². The second kappa shape index (κ2) is 5.37. The van der Waals surface area contributed by atoms with Crippen LogP contribution in [-0.2, 0) is 4.74 Å². The Morgan fingerprint density at radius 2 is 1.92 bits per heavy atom. The van der Waals surface area contributed by atoms with Crippen LogP contribution in [0.1, 0.15) is 0 Å². The summed E-state index contributed by atoms with van der Waals surface area (Å²) >= 11 is 0. The number of hydrogen-bond donors (Lipinski definition) is 0. The maximum atomic E-state index is 5.27. The van der Waals surface area contributed by atoms with Gasteiger partial charge in [0.1, 0.15) is 6.61 Å². The van der Waals surface area contributed by atoms with Gasteiger partial charge in [-0.3, -0.25) is 0 Å². The molecule has 1 heterocycles. The van der Waals surface area contributed by atoms with E-state index >= 15 is 0 Å². The first-order chi connectivity index (χ1) is 6.36. The molecular formula is C9H13NO3. The largest absolute Gasteiger partial charge is 0.481 e. The highest BCUT2D eigenvalue weighted by Crippen LogP contribution is 2.12. The monoisotopic (exact) mass is 183 g/mol. The van der Waals surface area contributed by atoms with Crippen molar-refractivity contribution in [2.75, 3.05) is 27.4 Å². The molecule has 0 spiro atoms. The predicted octanol–water partition coefficient (Wildman–Crippen LogP) is 1.12. The van der Waals surface area contributed by atoms with Crippen molar-refractivity contribution in [1.82, 2.24) is 4.98 Å². The van der Waals surface area contributed by atoms with Gasteiger partial charge in [0.15, 0.2) is 0 Å². The second-order valence-corrected chi connectivity index (χ2v) is 2.36. The highest BCUT2D eigenvalue weighted by Gasteiger charge is 1.96. The average Bonchev–Trinajstić information content (AvgIpc) is 2.19. The van der Waals surface area contributed by atoms with Crippen LogP contribution in [0.25, 0.3) is 0 Å². The average molecular weight is 183 g/mol. The number of ether oxygens (including phenoxy) is 3. The zero-order chi connectivity index (χ0) is 9.52. The van der Waals surface area contributed by atoms with Crippen LogP contribution in [0, 0.1) is 0 Å². The van der Waals surface area contributed by atoms with Crippen LogP contribution in [0.3, 0.4) is 0 Å². The highest BCUT2D eigenvalue weighted by atomic mass is 16.5. The van der Waals surface area contributed by atoms with Crippen molar-refractivity contribution in [2.24, 2.45) is 0 Å². The fourth-order valence-electron chi connectivity index (χ4n) is 0.820. The summed E-state index contributed by atoms with van der Waals surface area (Å²) in [4.78, 5) is 4.06. The van der Waals surface area contributed by atoms with Crippen LogP contribution in [-0.4, -0.2) is 32.4 Å². The van der Waals surface area contributed by atoms with Crippen molar-refractivity contribution in [2.45, 2.75) is 0 Å². The third-order valence-corrected chi connectivity index (χ3v) is 1.44. The van der Waals surface area contributed by atoms with Gasteiger partial charge in [-0.05, 0) is 0 Å². The smallest absolute Gasteiger partial charge is 0.216 e. The lowest BCUT2D eigenvalue weighted by Crippen LogP contribution is -2.05. The van der Waals surface area contributed by atoms with E-state index in [1.54, 1.807) is 26.4 Å². The van der Waals surface area contributed by atoms with E-state index in [0.29, 0.717) is 25.0 Å². The number of aromatic nitrogens is 1. The van der Waals surface area contributed by atoms with E-state index in [2.05, 4.69) is 4.98 Å². The number of methoxy groups -OCH3 is 2. The van der Waals surface area contributed by atoms with Crippen LogP contribution in [0.4, 0.5) is 0 Å². The minimum atomic E-state index is 0.497. The van der Waals surface area contributed by atoms with Gasteiger partial charge < -0.3 is 14.2 Å². The molecule has 0 N–H and O–H groups in total. The first kappa shape index (κ1) is 9.80. The van der Waals surface area contributed by atoms with E-state index < -0.39 is 0 Å². The van der Waals surface area contributed by atoms with Gasteiger partial charge in [-0.1, -0.05) is 6.07 Å². The summed E-state index contributed by atoms with van der Waals surface area (Å²) in [5, 5.41) is 0. The Labute approximate surface area is 77.5 Å². The van der Waals surface area contributed by atoms with Crippen molar-refractivity contribution in [3.05, 3.63) is 18.2 Å². The molecule has 0 bridgehead atoms. The van der Waals surface area contributed by atoms with Crippen molar-refractivity contribution < 1.29 is 14.2 Å². The molecular weight excluding hydrogens is 170 g/mol. The molecule has 0 aliphatic rings. The number of hydrogen-bond acceptors (Lipinski definition) is 4. The maximum absolute atomic E-state index is 5.27. The fourth-order valence-corrected chi connectivity index (χ4v) is 0.820. The Kier molecular flexibility index (Phi) is 4.05. The summed E-state index contributed by atoms with van der Waals surface area (Å²) in [6, 6.07) is 5.37. The molecule has 72 valence electrons. The van der Waals surface area contributed by atoms with Crippen LogP contribution in [0.15, 0.2) is 18.2 Å². The minimum absolute atomic E-state index is 0.497. The Bertz CT molecular complexity index is 252. The van der Waals surface area contributed by atoms with Gasteiger partial charge in [0, 0.05) is 19.2 Å². The van der Waals surface area contributed by atoms with Gasteiger partial charge in [0.2, 0.25) is 11.8 Å². The zero-order valence-electron chi connectivity index (χ0n) is 7.82. The molecule has 1 rings (SSSR count). The van der Waals surface area contributed by atoms with Crippen molar-refractivity contribution in [1.29, 1.82) is 0 Å². The van der Waals surface area contributed by atoms with E-state index in [9.17, 15) is 0 Å². The summed E-state index contributed by atoms with van der Waals surface area (Å²) < 4.78 is 15.0. The lowest BCUT2D eigenvalue weighted by atomic mass is 10.5. The molecule has 1 aromatic rings. The summed E-state index contributed by atoms with van der Waals surface area (Å²) in [7, 11) is 3.20. The summed E-state index contributed by atoms with van der Waals surface area (Å²) in [5.74, 6) is 1.10. The molecule has 0 aliphatic heterocycles. The third kappa shape index (κ3) is 3.29. The zero-order valence-corrected chi connectivity index (χ0v) is 7.82. The van der Waals surface area contributed by atoms with Gasteiger partial charge in [-0.25, -0.2) is 0 Å². The molecule has 13 heavy (non-hydrogen) atoms. The fraction of sp³-hybridized carbons (Fsp3) is 0.444. The molecule has 0 aromatic carbocycles. The van der Waals surface area contributed by atoms with Gasteiger partial charge in [-0.2, -0.15) is 4.98 Å². The topological polar surface area (TPSA) is 40.6 Å². The van der Waals surface area contributed by atoms with Crippen LogP contribution in [0.5, 0.6) is 11.8 Å². The van der Waals surface area contributed by atoms with E-state index in [1.807, 2.05) is 6.07 Å². The van der Waals surface area contributed by atoms with Crippen molar-refractivity contribution in [3.8, 4) is 11.8 Å². The molecule has 0 radical (unpaired) electrons. The molecule has 0 fully saturated rings. The lowest BCUT2D eigenvalue weighted by Gasteiger charge is -2.05. The Hall–Kier alpha value is -1.29. The quantitative estimate of drug-likeness (QED) is 0.641. The van der Waals surface area contributed by atoms with Crippen LogP contribution < -0.4 is 9.47 Å². The van der Waals surface area contributed by atoms with Gasteiger partial charge >= 0.3 is 0 Å². The number of nitrogens with zero attached hydrogens (tertiary/aromatic N) is 1. The first-order valence-corrected chi connectivity index (χ1v) is 3.99. The van der Waals surface area contributed by atoms with E-state index in [1.165, 1.54) is 0 Å². The number of pyridine rings is 1. The normalized spacial score (nSPS) is 9.69. The third-order valence-electron chi connectivity index (χ3n) is 1.44. The molecule has 0 unspecified atom stereocenters. The molecule has 0 amide bonds. The molecule has 0 atom stereocenters. The Balaban J connectivity index is 2.46. The SMILES string of the molecule is COCCOc1cccc(OC)n1. The molecule has 1 aromatic heterocycles. The molecule has 4 nitrogen and oxygen atoms in total. The van der Waals surface area contributed by atoms with Crippen molar-refractivity contribution >= 4 is 0 Å². The Morgan fingerprint density at radius 3 is 2.62 bits per heavy atom. The summed E-state index contributed by atoms with van der Waals surface area (Å²) in [6.07, 6.45) is 0. The minimum Gasteiger partial charge on any atom is -0.481 e. The Morgan fingerprint density at radius 1 is 1.15 bits per heavy atom. The van der Waals surface area contributed by atoms with Gasteiger partial charge in [0.25, 0.3) is 0 Å². The van der Waals surface area contributed by atoms with Crippen LogP contribution >= 0.6 is 0 Å². The van der Waals surface area contributed by atoms with E-state index in [4.69, 9.17) is 14.2 Å². The van der Waals surface area contributed by atoms with Crippen molar-refractivity contribution in [3.63, 3.8) is 0 Å².